The summed E-state index contributed by atoms with van der Waals surface area (Å²) in [6.07, 6.45) is -1.70. The molecule has 1 unspecified atom stereocenters. The number of rotatable bonds is 2. The summed E-state index contributed by atoms with van der Waals surface area (Å²) in [5.74, 6) is -6.79. The van der Waals surface area contributed by atoms with Crippen molar-refractivity contribution in [2.24, 2.45) is 0 Å². The molecule has 0 spiro atoms. The van der Waals surface area contributed by atoms with E-state index in [-0.39, 0.29) is 0 Å². The number of hydrogen-bond donors (Lipinski definition) is 3. The largest absolute Gasteiger partial charge is 0.504 e. The second kappa shape index (κ2) is 4.49. The quantitative estimate of drug-likeness (QED) is 0.293. The Morgan fingerprint density at radius 3 is 1.95 bits per heavy atom. The van der Waals surface area contributed by atoms with Gasteiger partial charge in [-0.05, 0) is 0 Å². The number of carbonyl (C=O) groups is 3. The van der Waals surface area contributed by atoms with Gasteiger partial charge in [0.15, 0.2) is 17.6 Å². The summed E-state index contributed by atoms with van der Waals surface area (Å²) >= 11 is 0. The van der Waals surface area contributed by atoms with Gasteiger partial charge in [-0.1, -0.05) is 0 Å². The molecule has 1 aromatic carbocycles. The van der Waals surface area contributed by atoms with Gasteiger partial charge in [0.1, 0.15) is 0 Å². The number of carbonyl (C=O) groups excluding carboxylic acids is 3. The number of aromatic hydroxyl groups is 3. The lowest BCUT2D eigenvalue weighted by Crippen LogP contribution is -2.42. The van der Waals surface area contributed by atoms with Crippen molar-refractivity contribution in [3.8, 4) is 23.0 Å². The van der Waals surface area contributed by atoms with E-state index in [9.17, 15) is 29.7 Å². The zero-order valence-electron chi connectivity index (χ0n) is 10.5. The van der Waals surface area contributed by atoms with Crippen molar-refractivity contribution < 1.29 is 39.2 Å². The highest BCUT2D eigenvalue weighted by Gasteiger charge is 2.46. The Bertz CT molecular complexity index is 646. The molecular formula is C12H10O8. The lowest BCUT2D eigenvalue weighted by atomic mass is 9.84. The first-order chi connectivity index (χ1) is 9.36. The molecule has 0 aliphatic heterocycles. The fourth-order valence-electron chi connectivity index (χ4n) is 2.05. The molecule has 0 aromatic heterocycles. The van der Waals surface area contributed by atoms with Crippen LogP contribution in [-0.2, 0) is 9.53 Å². The Hall–Kier alpha value is -2.61. The van der Waals surface area contributed by atoms with Gasteiger partial charge in [-0.25, -0.2) is 0 Å². The summed E-state index contributed by atoms with van der Waals surface area (Å²) in [6.45, 7) is 0. The van der Waals surface area contributed by atoms with Crippen molar-refractivity contribution in [1.82, 2.24) is 0 Å². The highest BCUT2D eigenvalue weighted by molar-refractivity contribution is 6.54. The van der Waals surface area contributed by atoms with Crippen LogP contribution in [0.4, 0.5) is 0 Å². The van der Waals surface area contributed by atoms with Gasteiger partial charge in [0, 0.05) is 7.11 Å². The van der Waals surface area contributed by atoms with E-state index in [1.807, 2.05) is 0 Å². The summed E-state index contributed by atoms with van der Waals surface area (Å²) < 4.78 is 9.28. The van der Waals surface area contributed by atoms with Crippen LogP contribution < -0.4 is 4.74 Å². The molecule has 0 heterocycles. The van der Waals surface area contributed by atoms with E-state index in [1.54, 1.807) is 0 Å². The van der Waals surface area contributed by atoms with E-state index in [0.29, 0.717) is 0 Å². The number of Topliss-reactive ketones (excluding diaryl/α,β-unsaturated/α-hetero) is 3. The SMILES string of the molecule is COc1c(O)c(O)c2c(c1O)C(=O)C(OC)C(=O)C2=O. The molecule has 106 valence electrons. The van der Waals surface area contributed by atoms with Crippen LogP contribution in [0.1, 0.15) is 20.7 Å². The van der Waals surface area contributed by atoms with Crippen LogP contribution in [0, 0.1) is 0 Å². The Morgan fingerprint density at radius 2 is 1.45 bits per heavy atom. The fourth-order valence-corrected chi connectivity index (χ4v) is 2.05. The number of methoxy groups -OCH3 is 2. The van der Waals surface area contributed by atoms with E-state index in [0.717, 1.165) is 14.2 Å². The lowest BCUT2D eigenvalue weighted by Gasteiger charge is -2.23. The summed E-state index contributed by atoms with van der Waals surface area (Å²) in [7, 11) is 2.13. The first kappa shape index (κ1) is 13.8. The number of hydrogen-bond acceptors (Lipinski definition) is 8. The third-order valence-electron chi connectivity index (χ3n) is 2.99. The number of fused-ring (bicyclic) bond motifs is 1. The molecule has 0 radical (unpaired) electrons. The zero-order valence-corrected chi connectivity index (χ0v) is 10.5. The van der Waals surface area contributed by atoms with Crippen LogP contribution in [0.2, 0.25) is 0 Å². The Balaban J connectivity index is 2.88. The van der Waals surface area contributed by atoms with Gasteiger partial charge in [-0.2, -0.15) is 0 Å². The zero-order chi connectivity index (χ0) is 15.2. The maximum absolute atomic E-state index is 12.0. The van der Waals surface area contributed by atoms with E-state index < -0.39 is 57.6 Å². The second-order valence-electron chi connectivity index (χ2n) is 4.00. The van der Waals surface area contributed by atoms with Crippen LogP contribution in [0.25, 0.3) is 0 Å². The van der Waals surface area contributed by atoms with E-state index in [4.69, 9.17) is 0 Å². The molecule has 2 rings (SSSR count). The van der Waals surface area contributed by atoms with Gasteiger partial charge in [0.25, 0.3) is 0 Å². The molecule has 0 fully saturated rings. The molecule has 1 aliphatic carbocycles. The third kappa shape index (κ3) is 1.55. The van der Waals surface area contributed by atoms with Crippen LogP contribution in [0.3, 0.4) is 0 Å². The van der Waals surface area contributed by atoms with Crippen molar-refractivity contribution in [2.75, 3.05) is 14.2 Å². The predicted molar refractivity (Wildman–Crippen MR) is 62.5 cm³/mol. The molecule has 0 saturated heterocycles. The average molecular weight is 282 g/mol. The van der Waals surface area contributed by atoms with Crippen LogP contribution in [0.5, 0.6) is 23.0 Å². The summed E-state index contributed by atoms with van der Waals surface area (Å²) in [5.41, 5.74) is -1.38. The maximum Gasteiger partial charge on any atom is 0.240 e. The molecule has 0 amide bonds. The van der Waals surface area contributed by atoms with Gasteiger partial charge in [-0.15, -0.1) is 0 Å². The minimum absolute atomic E-state index is 0.577. The van der Waals surface area contributed by atoms with Gasteiger partial charge in [-0.3, -0.25) is 14.4 Å². The first-order valence-electron chi connectivity index (χ1n) is 5.37. The molecule has 1 atom stereocenters. The van der Waals surface area contributed by atoms with Crippen LogP contribution >= 0.6 is 0 Å². The summed E-state index contributed by atoms with van der Waals surface area (Å²) in [5, 5.41) is 29.2. The average Bonchev–Trinajstić information content (AvgIpc) is 2.41. The minimum Gasteiger partial charge on any atom is -0.504 e. The third-order valence-corrected chi connectivity index (χ3v) is 2.99. The molecule has 8 heteroatoms. The lowest BCUT2D eigenvalue weighted by molar-refractivity contribution is -0.122. The van der Waals surface area contributed by atoms with E-state index in [2.05, 4.69) is 9.47 Å². The minimum atomic E-state index is -1.70. The molecule has 20 heavy (non-hydrogen) atoms. The predicted octanol–water partition coefficient (Wildman–Crippen LogP) is -0.225. The van der Waals surface area contributed by atoms with E-state index in [1.165, 1.54) is 0 Å². The molecule has 8 nitrogen and oxygen atoms in total. The highest BCUT2D eigenvalue weighted by atomic mass is 16.5. The molecule has 1 aliphatic rings. The molecule has 1 aromatic rings. The fraction of sp³-hybridized carbons (Fsp3) is 0.250. The summed E-state index contributed by atoms with van der Waals surface area (Å²) in [6, 6.07) is 0. The van der Waals surface area contributed by atoms with Crippen LogP contribution in [-0.4, -0.2) is 53.0 Å². The van der Waals surface area contributed by atoms with E-state index >= 15 is 0 Å². The summed E-state index contributed by atoms with van der Waals surface area (Å²) in [4.78, 5) is 35.6. The van der Waals surface area contributed by atoms with Gasteiger partial charge in [0.05, 0.1) is 18.2 Å². The van der Waals surface area contributed by atoms with Gasteiger partial charge < -0.3 is 24.8 Å². The molecular weight excluding hydrogens is 272 g/mol. The Labute approximate surface area is 112 Å². The standard InChI is InChI=1S/C12H10O8/c1-19-11-7(15)4-3(5(13)9(11)17)6(14)10(18)12(20-2)8(4)16/h11,14,16,18H,1-2H3. The van der Waals surface area contributed by atoms with Crippen molar-refractivity contribution in [3.63, 3.8) is 0 Å². The Kier molecular flexibility index (Phi) is 3.10. The monoisotopic (exact) mass is 282 g/mol. The topological polar surface area (TPSA) is 130 Å². The Morgan fingerprint density at radius 1 is 0.850 bits per heavy atom. The smallest absolute Gasteiger partial charge is 0.240 e. The molecule has 0 bridgehead atoms. The molecule has 3 N–H and O–H groups in total. The number of phenolic OH excluding ortho intramolecular Hbond substituents is 3. The normalized spacial score (nSPS) is 18.1. The van der Waals surface area contributed by atoms with Crippen LogP contribution in [0.15, 0.2) is 0 Å². The maximum atomic E-state index is 12.0. The number of benzene rings is 1. The number of ketones is 3. The number of phenols is 3. The van der Waals surface area contributed by atoms with Crippen molar-refractivity contribution in [2.45, 2.75) is 6.10 Å². The van der Waals surface area contributed by atoms with Crippen molar-refractivity contribution in [1.29, 1.82) is 0 Å². The highest BCUT2D eigenvalue weighted by Crippen LogP contribution is 2.49. The second-order valence-corrected chi connectivity index (χ2v) is 4.00. The number of ether oxygens (including phenoxy) is 2. The van der Waals surface area contributed by atoms with Gasteiger partial charge >= 0.3 is 0 Å². The molecule has 0 saturated carbocycles. The first-order valence-corrected chi connectivity index (χ1v) is 5.37. The van der Waals surface area contributed by atoms with Crippen molar-refractivity contribution in [3.05, 3.63) is 11.1 Å². The van der Waals surface area contributed by atoms with Gasteiger partial charge in [0.2, 0.25) is 28.8 Å². The van der Waals surface area contributed by atoms with Crippen molar-refractivity contribution >= 4 is 17.3 Å².